The summed E-state index contributed by atoms with van der Waals surface area (Å²) in [4.78, 5) is 0. The predicted octanol–water partition coefficient (Wildman–Crippen LogP) is 0.00920. The van der Waals surface area contributed by atoms with Crippen LogP contribution in [0.5, 0.6) is 0 Å². The lowest BCUT2D eigenvalue weighted by atomic mass is 10.1. The Morgan fingerprint density at radius 2 is 2.06 bits per heavy atom. The summed E-state index contributed by atoms with van der Waals surface area (Å²) in [5, 5.41) is 3.24. The van der Waals surface area contributed by atoms with Crippen LogP contribution in [0.15, 0.2) is 0 Å². The fourth-order valence-electron chi connectivity index (χ4n) is 3.46. The zero-order valence-electron chi connectivity index (χ0n) is 10.3. The van der Waals surface area contributed by atoms with Gasteiger partial charge in [0.15, 0.2) is 0 Å². The van der Waals surface area contributed by atoms with Gasteiger partial charge >= 0.3 is 0 Å². The van der Waals surface area contributed by atoms with Crippen LogP contribution in [-0.4, -0.2) is 55.3 Å². The van der Waals surface area contributed by atoms with Crippen LogP contribution in [0.4, 0.5) is 0 Å². The van der Waals surface area contributed by atoms with Crippen molar-refractivity contribution in [2.24, 2.45) is 5.92 Å². The van der Waals surface area contributed by atoms with E-state index in [9.17, 15) is 8.42 Å². The topological polar surface area (TPSA) is 52.7 Å². The quantitative estimate of drug-likeness (QED) is 0.760. The third-order valence-electron chi connectivity index (χ3n) is 4.39. The van der Waals surface area contributed by atoms with Crippen LogP contribution < -0.4 is 5.32 Å². The largest absolute Gasteiger partial charge is 0.314 e. The normalized spacial score (nSPS) is 39.9. The van der Waals surface area contributed by atoms with E-state index < -0.39 is 10.2 Å². The molecule has 3 atom stereocenters. The fraction of sp³-hybridized carbons (Fsp3) is 1.00. The highest BCUT2D eigenvalue weighted by Crippen LogP contribution is 2.39. The first kappa shape index (κ1) is 11.9. The van der Waals surface area contributed by atoms with Gasteiger partial charge in [-0.2, -0.15) is 17.0 Å². The maximum Gasteiger partial charge on any atom is 0.282 e. The number of hydrogen-bond acceptors (Lipinski definition) is 3. The molecule has 3 fully saturated rings. The molecule has 17 heavy (non-hydrogen) atoms. The summed E-state index contributed by atoms with van der Waals surface area (Å²) >= 11 is 0. The molecule has 1 aliphatic carbocycles. The van der Waals surface area contributed by atoms with Gasteiger partial charge in [0.05, 0.1) is 0 Å². The molecular formula is C11H21N3O2S. The fourth-order valence-corrected chi connectivity index (χ4v) is 5.55. The first-order valence-electron chi connectivity index (χ1n) is 6.58. The summed E-state index contributed by atoms with van der Waals surface area (Å²) in [6, 6.07) is 0.361. The summed E-state index contributed by atoms with van der Waals surface area (Å²) in [5.74, 6) is 0.619. The van der Waals surface area contributed by atoms with Gasteiger partial charge < -0.3 is 5.32 Å². The molecule has 5 nitrogen and oxygen atoms in total. The molecule has 1 N–H and O–H groups in total. The van der Waals surface area contributed by atoms with Crippen LogP contribution in [-0.2, 0) is 10.2 Å². The Hall–Kier alpha value is -0.170. The molecule has 98 valence electrons. The Morgan fingerprint density at radius 3 is 2.65 bits per heavy atom. The number of fused-ring (bicyclic) bond motifs is 2. The zero-order chi connectivity index (χ0) is 12.0. The molecule has 0 spiro atoms. The summed E-state index contributed by atoms with van der Waals surface area (Å²) in [6.45, 7) is 4.88. The van der Waals surface area contributed by atoms with E-state index in [1.807, 2.05) is 6.92 Å². The van der Waals surface area contributed by atoms with Crippen molar-refractivity contribution in [2.75, 3.05) is 26.2 Å². The molecule has 3 aliphatic rings. The highest BCUT2D eigenvalue weighted by atomic mass is 32.2. The van der Waals surface area contributed by atoms with Crippen molar-refractivity contribution in [1.82, 2.24) is 13.9 Å². The molecule has 0 aromatic heterocycles. The van der Waals surface area contributed by atoms with Crippen LogP contribution >= 0.6 is 0 Å². The van der Waals surface area contributed by atoms with Gasteiger partial charge in [-0.05, 0) is 32.1 Å². The van der Waals surface area contributed by atoms with Gasteiger partial charge in [0.1, 0.15) is 0 Å². The number of rotatable bonds is 2. The number of piperidine rings is 1. The number of piperazine rings is 1. The van der Waals surface area contributed by atoms with Gasteiger partial charge in [-0.15, -0.1) is 0 Å². The average molecular weight is 259 g/mol. The molecule has 2 saturated heterocycles. The lowest BCUT2D eigenvalue weighted by Crippen LogP contribution is -2.57. The molecule has 2 heterocycles. The minimum Gasteiger partial charge on any atom is -0.314 e. The van der Waals surface area contributed by atoms with Crippen molar-refractivity contribution >= 4 is 10.2 Å². The summed E-state index contributed by atoms with van der Waals surface area (Å²) in [6.07, 6.45) is 3.36. The van der Waals surface area contributed by atoms with E-state index in [1.165, 1.54) is 6.42 Å². The lowest BCUT2D eigenvalue weighted by Gasteiger charge is -2.38. The van der Waals surface area contributed by atoms with Gasteiger partial charge in [0.25, 0.3) is 10.2 Å². The molecule has 6 heteroatoms. The maximum absolute atomic E-state index is 12.6. The highest BCUT2D eigenvalue weighted by molar-refractivity contribution is 7.86. The SMILES string of the molecule is CC1CNCCN1S(=O)(=O)N1CC2CCC1C2. The van der Waals surface area contributed by atoms with E-state index in [0.29, 0.717) is 12.5 Å². The van der Waals surface area contributed by atoms with Crippen LogP contribution in [0.2, 0.25) is 0 Å². The molecule has 0 aromatic carbocycles. The average Bonchev–Trinajstić information content (AvgIpc) is 2.91. The third-order valence-corrected chi connectivity index (χ3v) is 6.57. The van der Waals surface area contributed by atoms with Crippen molar-refractivity contribution in [3.63, 3.8) is 0 Å². The smallest absolute Gasteiger partial charge is 0.282 e. The molecule has 2 bridgehead atoms. The van der Waals surface area contributed by atoms with Gasteiger partial charge in [-0.1, -0.05) is 0 Å². The first-order chi connectivity index (χ1) is 8.09. The van der Waals surface area contributed by atoms with Crippen molar-refractivity contribution < 1.29 is 8.42 Å². The molecule has 1 saturated carbocycles. The third kappa shape index (κ3) is 1.91. The Kier molecular flexibility index (Phi) is 2.93. The minimum absolute atomic E-state index is 0.0767. The molecule has 3 unspecified atom stereocenters. The van der Waals surface area contributed by atoms with Crippen LogP contribution in [0.25, 0.3) is 0 Å². The van der Waals surface area contributed by atoms with Crippen molar-refractivity contribution in [3.05, 3.63) is 0 Å². The molecular weight excluding hydrogens is 238 g/mol. The molecule has 0 aromatic rings. The van der Waals surface area contributed by atoms with Crippen molar-refractivity contribution in [3.8, 4) is 0 Å². The number of nitrogens with one attached hydrogen (secondary N) is 1. The minimum atomic E-state index is -3.22. The standard InChI is InChI=1S/C11H21N3O2S/c1-9-7-12-4-5-13(9)17(15,16)14-8-10-2-3-11(14)6-10/h9-12H,2-8H2,1H3. The van der Waals surface area contributed by atoms with Gasteiger partial charge in [0, 0.05) is 38.3 Å². The van der Waals surface area contributed by atoms with E-state index in [4.69, 9.17) is 0 Å². The second kappa shape index (κ2) is 4.19. The Balaban J connectivity index is 1.80. The van der Waals surface area contributed by atoms with Gasteiger partial charge in [-0.3, -0.25) is 0 Å². The van der Waals surface area contributed by atoms with E-state index in [-0.39, 0.29) is 12.1 Å². The van der Waals surface area contributed by atoms with E-state index in [1.54, 1.807) is 8.61 Å². The van der Waals surface area contributed by atoms with Crippen LogP contribution in [0, 0.1) is 5.92 Å². The summed E-state index contributed by atoms with van der Waals surface area (Å²) in [5.41, 5.74) is 0. The number of hydrogen-bond donors (Lipinski definition) is 1. The lowest BCUT2D eigenvalue weighted by molar-refractivity contribution is 0.241. The predicted molar refractivity (Wildman–Crippen MR) is 65.8 cm³/mol. The Labute approximate surface area is 103 Å². The van der Waals surface area contributed by atoms with E-state index in [2.05, 4.69) is 5.32 Å². The van der Waals surface area contributed by atoms with Crippen LogP contribution in [0.3, 0.4) is 0 Å². The first-order valence-corrected chi connectivity index (χ1v) is 7.98. The Bertz CT molecular complexity index is 390. The molecule has 2 aliphatic heterocycles. The van der Waals surface area contributed by atoms with Crippen molar-refractivity contribution in [1.29, 1.82) is 0 Å². The molecule has 0 radical (unpaired) electrons. The highest BCUT2D eigenvalue weighted by Gasteiger charge is 2.46. The van der Waals surface area contributed by atoms with Gasteiger partial charge in [0.2, 0.25) is 0 Å². The molecule has 0 amide bonds. The maximum atomic E-state index is 12.6. The molecule has 3 rings (SSSR count). The second-order valence-corrected chi connectivity index (χ2v) is 7.41. The Morgan fingerprint density at radius 1 is 1.24 bits per heavy atom. The van der Waals surface area contributed by atoms with Gasteiger partial charge in [-0.25, -0.2) is 0 Å². The summed E-state index contributed by atoms with van der Waals surface area (Å²) in [7, 11) is -3.22. The van der Waals surface area contributed by atoms with E-state index >= 15 is 0 Å². The summed E-state index contributed by atoms with van der Waals surface area (Å²) < 4.78 is 28.7. The zero-order valence-corrected chi connectivity index (χ0v) is 11.1. The van der Waals surface area contributed by atoms with E-state index in [0.717, 1.165) is 32.5 Å². The van der Waals surface area contributed by atoms with Crippen molar-refractivity contribution in [2.45, 2.75) is 38.3 Å². The number of nitrogens with zero attached hydrogens (tertiary/aromatic N) is 2. The monoisotopic (exact) mass is 259 g/mol. The van der Waals surface area contributed by atoms with Crippen LogP contribution in [0.1, 0.15) is 26.2 Å². The second-order valence-electron chi connectivity index (χ2n) is 5.57.